The van der Waals surface area contributed by atoms with Crippen LogP contribution in [0.4, 0.5) is 5.69 Å². The van der Waals surface area contributed by atoms with Crippen molar-refractivity contribution in [3.63, 3.8) is 0 Å². The van der Waals surface area contributed by atoms with Crippen LogP contribution < -0.4 is 10.5 Å². The van der Waals surface area contributed by atoms with Gasteiger partial charge in [0, 0.05) is 12.1 Å². The molecule has 212 valence electrons. The summed E-state index contributed by atoms with van der Waals surface area (Å²) < 4.78 is 23.3. The van der Waals surface area contributed by atoms with E-state index < -0.39 is 10.0 Å². The second-order valence-corrected chi connectivity index (χ2v) is 15.2. The number of carbonyl (C=O) groups excluding carboxylic acids is 1. The Kier molecular flexibility index (Phi) is 7.51. The Balaban J connectivity index is 1.23. The van der Waals surface area contributed by atoms with Gasteiger partial charge < -0.3 is 15.5 Å². The molecule has 7 nitrogen and oxygen atoms in total. The zero-order valence-electron chi connectivity index (χ0n) is 23.1. The number of carbonyl (C=O) groups is 1. The normalized spacial score (nSPS) is 41.5. The minimum absolute atomic E-state index is 0.0151. The van der Waals surface area contributed by atoms with E-state index in [1.54, 1.807) is 12.1 Å². The first-order chi connectivity index (χ1) is 17.8. The molecule has 5 N–H and O–H groups in total. The van der Waals surface area contributed by atoms with Gasteiger partial charge in [-0.15, -0.1) is 0 Å². The van der Waals surface area contributed by atoms with Crippen molar-refractivity contribution < 1.29 is 23.4 Å². The fourth-order valence-corrected chi connectivity index (χ4v) is 10.3. The number of rotatable bonds is 6. The van der Waals surface area contributed by atoms with E-state index in [1.165, 1.54) is 18.6 Å². The summed E-state index contributed by atoms with van der Waals surface area (Å²) in [7, 11) is -3.82. The molecule has 4 saturated carbocycles. The molecule has 0 spiro atoms. The Morgan fingerprint density at radius 1 is 1.08 bits per heavy atom. The van der Waals surface area contributed by atoms with Gasteiger partial charge in [0.05, 0.1) is 17.1 Å². The maximum absolute atomic E-state index is 12.7. The lowest BCUT2D eigenvalue weighted by molar-refractivity contribution is -0.174. The molecule has 1 amide bonds. The van der Waals surface area contributed by atoms with E-state index in [-0.39, 0.29) is 33.8 Å². The smallest absolute Gasteiger partial charge is 0.238 e. The highest BCUT2D eigenvalue weighted by molar-refractivity contribution is 7.89. The number of primary sulfonamides is 1. The quantitative estimate of drug-likeness (QED) is 0.412. The molecule has 38 heavy (non-hydrogen) atoms. The van der Waals surface area contributed by atoms with Crippen molar-refractivity contribution in [3.8, 4) is 0 Å². The van der Waals surface area contributed by atoms with E-state index in [1.807, 2.05) is 0 Å². The largest absolute Gasteiger partial charge is 0.393 e. The Morgan fingerprint density at radius 2 is 1.79 bits per heavy atom. The average Bonchev–Trinajstić information content (AvgIpc) is 3.20. The minimum atomic E-state index is -3.82. The maximum atomic E-state index is 12.7. The summed E-state index contributed by atoms with van der Waals surface area (Å²) in [5.41, 5.74) is 0.847. The van der Waals surface area contributed by atoms with Gasteiger partial charge in [0.15, 0.2) is 0 Å². The third-order valence-electron chi connectivity index (χ3n) is 11.7. The third kappa shape index (κ3) is 4.95. The summed E-state index contributed by atoms with van der Waals surface area (Å²) >= 11 is 0. The lowest BCUT2D eigenvalue weighted by Gasteiger charge is -2.62. The molecule has 0 aromatic heterocycles. The Labute approximate surface area is 228 Å². The third-order valence-corrected chi connectivity index (χ3v) is 12.6. The topological polar surface area (TPSA) is 130 Å². The number of hydrogen-bond acceptors (Lipinski definition) is 5. The Morgan fingerprint density at radius 3 is 2.53 bits per heavy atom. The molecular formula is C30H46N2O5S. The van der Waals surface area contributed by atoms with E-state index in [0.29, 0.717) is 47.6 Å². The first-order valence-corrected chi connectivity index (χ1v) is 16.2. The van der Waals surface area contributed by atoms with Gasteiger partial charge in [-0.2, -0.15) is 0 Å². The predicted octanol–water partition coefficient (Wildman–Crippen LogP) is 4.68. The first kappa shape index (κ1) is 28.1. The molecule has 0 aliphatic heterocycles. The van der Waals surface area contributed by atoms with Crippen molar-refractivity contribution in [1.29, 1.82) is 0 Å². The van der Waals surface area contributed by atoms with Crippen molar-refractivity contribution in [3.05, 3.63) is 24.3 Å². The fraction of sp³-hybridized carbons (Fsp3) is 0.767. The lowest BCUT2D eigenvalue weighted by Crippen LogP contribution is -2.58. The molecule has 0 bridgehead atoms. The highest BCUT2D eigenvalue weighted by Crippen LogP contribution is 2.68. The van der Waals surface area contributed by atoms with Gasteiger partial charge in [-0.05, 0) is 122 Å². The SMILES string of the molecule is C[C@H](CCC(=O)Nc1cccc(S(N)(=O)=O)c1)[C@H]1CC[C@H]2[C@@H]3[C@H](O)C[C@@H]4C[C@H](O)CC[C@]4(C)[C@H]3CC[C@]12C. The molecular weight excluding hydrogens is 500 g/mol. The van der Waals surface area contributed by atoms with E-state index in [9.17, 15) is 23.4 Å². The molecule has 0 unspecified atom stereocenters. The lowest BCUT2D eigenvalue weighted by atomic mass is 9.43. The number of nitrogens with one attached hydrogen (secondary N) is 1. The van der Waals surface area contributed by atoms with E-state index in [4.69, 9.17) is 5.14 Å². The number of sulfonamides is 1. The summed E-state index contributed by atoms with van der Waals surface area (Å²) in [6.45, 7) is 7.17. The van der Waals surface area contributed by atoms with Crippen LogP contribution >= 0.6 is 0 Å². The summed E-state index contributed by atoms with van der Waals surface area (Å²) in [4.78, 5) is 12.7. The highest BCUT2D eigenvalue weighted by atomic mass is 32.2. The number of aliphatic hydroxyl groups is 2. The Hall–Kier alpha value is -1.48. The van der Waals surface area contributed by atoms with Crippen LogP contribution in [-0.4, -0.2) is 36.7 Å². The molecule has 0 heterocycles. The Bertz CT molecular complexity index is 1160. The number of benzene rings is 1. The number of amides is 1. The zero-order valence-corrected chi connectivity index (χ0v) is 23.9. The molecule has 5 rings (SSSR count). The molecule has 4 aliphatic rings. The zero-order chi connectivity index (χ0) is 27.5. The van der Waals surface area contributed by atoms with Crippen molar-refractivity contribution in [2.24, 2.45) is 51.5 Å². The van der Waals surface area contributed by atoms with Gasteiger partial charge in [-0.25, -0.2) is 13.6 Å². The van der Waals surface area contributed by atoms with Crippen molar-refractivity contribution >= 4 is 21.6 Å². The predicted molar refractivity (Wildman–Crippen MR) is 147 cm³/mol. The molecule has 0 saturated heterocycles. The monoisotopic (exact) mass is 546 g/mol. The molecule has 1 aromatic carbocycles. The van der Waals surface area contributed by atoms with Gasteiger partial charge in [-0.1, -0.05) is 26.8 Å². The minimum Gasteiger partial charge on any atom is -0.393 e. The number of aliphatic hydroxyl groups excluding tert-OH is 2. The molecule has 0 radical (unpaired) electrons. The van der Waals surface area contributed by atoms with Gasteiger partial charge >= 0.3 is 0 Å². The van der Waals surface area contributed by atoms with Gasteiger partial charge in [0.25, 0.3) is 0 Å². The van der Waals surface area contributed by atoms with Crippen LogP contribution in [0.1, 0.15) is 85.0 Å². The van der Waals surface area contributed by atoms with Crippen LogP contribution in [0.3, 0.4) is 0 Å². The number of hydrogen-bond donors (Lipinski definition) is 4. The van der Waals surface area contributed by atoms with Crippen molar-refractivity contribution in [2.45, 2.75) is 102 Å². The van der Waals surface area contributed by atoms with Gasteiger partial charge in [0.2, 0.25) is 15.9 Å². The first-order valence-electron chi connectivity index (χ1n) is 14.6. The number of nitrogens with two attached hydrogens (primary N) is 1. The van der Waals surface area contributed by atoms with E-state index in [0.717, 1.165) is 51.4 Å². The number of fused-ring (bicyclic) bond motifs is 5. The van der Waals surface area contributed by atoms with E-state index in [2.05, 4.69) is 26.1 Å². The van der Waals surface area contributed by atoms with Gasteiger partial charge in [0.1, 0.15) is 0 Å². The molecule has 4 fully saturated rings. The van der Waals surface area contributed by atoms with Crippen LogP contribution in [-0.2, 0) is 14.8 Å². The van der Waals surface area contributed by atoms with Crippen LogP contribution in [0.25, 0.3) is 0 Å². The fourth-order valence-electron chi connectivity index (χ4n) is 9.71. The summed E-state index contributed by atoms with van der Waals surface area (Å²) in [5, 5.41) is 29.8. The van der Waals surface area contributed by atoms with Gasteiger partial charge in [-0.3, -0.25) is 4.79 Å². The molecule has 4 aliphatic carbocycles. The second-order valence-electron chi connectivity index (χ2n) is 13.6. The highest BCUT2D eigenvalue weighted by Gasteiger charge is 2.62. The van der Waals surface area contributed by atoms with Crippen LogP contribution in [0.15, 0.2) is 29.2 Å². The summed E-state index contributed by atoms with van der Waals surface area (Å²) in [6, 6.07) is 6.06. The van der Waals surface area contributed by atoms with Crippen molar-refractivity contribution in [1.82, 2.24) is 0 Å². The van der Waals surface area contributed by atoms with Crippen LogP contribution in [0, 0.1) is 46.3 Å². The van der Waals surface area contributed by atoms with Crippen LogP contribution in [0.2, 0.25) is 0 Å². The molecule has 1 aromatic rings. The second kappa shape index (κ2) is 10.2. The maximum Gasteiger partial charge on any atom is 0.238 e. The van der Waals surface area contributed by atoms with Crippen molar-refractivity contribution in [2.75, 3.05) is 5.32 Å². The number of anilines is 1. The summed E-state index contributed by atoms with van der Waals surface area (Å²) in [5.74, 6) is 2.62. The molecule has 8 heteroatoms. The van der Waals surface area contributed by atoms with Crippen LogP contribution in [0.5, 0.6) is 0 Å². The summed E-state index contributed by atoms with van der Waals surface area (Å²) in [6.07, 6.45) is 8.94. The standard InChI is InChI=1S/C30H46N2O5S/c1-18(7-10-27(35)32-20-5-4-6-22(17-20)38(31,36)37)23-8-9-24-28-25(12-14-30(23,24)3)29(2)13-11-21(33)15-19(29)16-26(28)34/h4-6,17-19,21,23-26,28,33-34H,7-16H2,1-3H3,(H,32,35)(H2,31,36,37)/t18-,19+,21-,23-,24+,25+,26-,28+,29+,30-/m1/s1. The molecule has 10 atom stereocenters. The van der Waals surface area contributed by atoms with E-state index >= 15 is 0 Å². The average molecular weight is 547 g/mol.